The Morgan fingerprint density at radius 1 is 1.14 bits per heavy atom. The average Bonchev–Trinajstić information content (AvgIpc) is 3.44. The van der Waals surface area contributed by atoms with Crippen LogP contribution in [0, 0.1) is 5.92 Å². The van der Waals surface area contributed by atoms with Crippen LogP contribution in [0.15, 0.2) is 63.9 Å². The minimum atomic E-state index is -0.991. The summed E-state index contributed by atoms with van der Waals surface area (Å²) >= 11 is 2.82. The molecule has 8 heteroatoms. The number of hydrogen-bond acceptors (Lipinski definition) is 6. The number of thiazole rings is 1. The van der Waals surface area contributed by atoms with Gasteiger partial charge in [0.05, 0.1) is 21.1 Å². The number of amides is 1. The second-order valence-corrected chi connectivity index (χ2v) is 8.50. The summed E-state index contributed by atoms with van der Waals surface area (Å²) in [5, 5.41) is 14.6. The maximum absolute atomic E-state index is 12.7. The van der Waals surface area contributed by atoms with E-state index in [9.17, 15) is 14.7 Å². The molecule has 1 aliphatic heterocycles. The van der Waals surface area contributed by atoms with Gasteiger partial charge in [0.2, 0.25) is 0 Å². The van der Waals surface area contributed by atoms with E-state index in [1.54, 1.807) is 23.1 Å². The molecular weight excluding hydrogens is 408 g/mol. The van der Waals surface area contributed by atoms with Crippen LogP contribution < -0.4 is 5.32 Å². The van der Waals surface area contributed by atoms with Crippen LogP contribution in [0.25, 0.3) is 26.8 Å². The Balaban J connectivity index is 1.40. The number of para-hydroxylation sites is 1. The largest absolute Gasteiger partial charge is 0.481 e. The number of rotatable bonds is 4. The van der Waals surface area contributed by atoms with Crippen molar-refractivity contribution in [2.75, 3.05) is 0 Å². The SMILES string of the molecule is O=C(NC1SC=C(c2ccc3scnc3c2)C1C(=O)O)c1cc2ccccc2o1. The number of furan rings is 1. The Kier molecular flexibility index (Phi) is 4.37. The fourth-order valence-electron chi connectivity index (χ4n) is 3.42. The van der Waals surface area contributed by atoms with Crippen LogP contribution in [0.4, 0.5) is 0 Å². The summed E-state index contributed by atoms with van der Waals surface area (Å²) in [6, 6.07) is 14.7. The molecular formula is C21H14N2O4S2. The molecule has 2 atom stereocenters. The van der Waals surface area contributed by atoms with Gasteiger partial charge in [-0.15, -0.1) is 23.1 Å². The molecule has 2 unspecified atom stereocenters. The lowest BCUT2D eigenvalue weighted by molar-refractivity contribution is -0.139. The maximum Gasteiger partial charge on any atom is 0.314 e. The van der Waals surface area contributed by atoms with Crippen molar-refractivity contribution in [3.05, 3.63) is 70.8 Å². The first kappa shape index (κ1) is 18.0. The van der Waals surface area contributed by atoms with Crippen LogP contribution in [0.5, 0.6) is 0 Å². The third-order valence-electron chi connectivity index (χ3n) is 4.83. The lowest BCUT2D eigenvalue weighted by atomic mass is 9.93. The van der Waals surface area contributed by atoms with E-state index >= 15 is 0 Å². The lowest BCUT2D eigenvalue weighted by Gasteiger charge is -2.19. The summed E-state index contributed by atoms with van der Waals surface area (Å²) in [7, 11) is 0. The minimum Gasteiger partial charge on any atom is -0.481 e. The quantitative estimate of drug-likeness (QED) is 0.500. The summed E-state index contributed by atoms with van der Waals surface area (Å²) in [5.74, 6) is -2.14. The first-order chi connectivity index (χ1) is 14.1. The van der Waals surface area contributed by atoms with Gasteiger partial charge in [0.25, 0.3) is 5.91 Å². The molecule has 1 aliphatic rings. The van der Waals surface area contributed by atoms with E-state index in [4.69, 9.17) is 4.42 Å². The normalized spacial score (nSPS) is 18.8. The monoisotopic (exact) mass is 422 g/mol. The maximum atomic E-state index is 12.7. The molecule has 1 amide bonds. The number of benzene rings is 2. The predicted octanol–water partition coefficient (Wildman–Crippen LogP) is 4.59. The van der Waals surface area contributed by atoms with Crippen molar-refractivity contribution in [3.8, 4) is 0 Å². The molecule has 4 aromatic rings. The van der Waals surface area contributed by atoms with Crippen molar-refractivity contribution >= 4 is 61.7 Å². The Hall–Kier alpha value is -3.10. The van der Waals surface area contributed by atoms with Gasteiger partial charge in [-0.2, -0.15) is 0 Å². The Morgan fingerprint density at radius 2 is 2.00 bits per heavy atom. The van der Waals surface area contributed by atoms with Gasteiger partial charge < -0.3 is 14.8 Å². The second kappa shape index (κ2) is 7.06. The smallest absolute Gasteiger partial charge is 0.314 e. The van der Waals surface area contributed by atoms with Gasteiger partial charge in [0.15, 0.2) is 5.76 Å². The van der Waals surface area contributed by atoms with E-state index < -0.39 is 23.2 Å². The summed E-state index contributed by atoms with van der Waals surface area (Å²) in [5.41, 5.74) is 4.66. The first-order valence-electron chi connectivity index (χ1n) is 8.81. The summed E-state index contributed by atoms with van der Waals surface area (Å²) in [6.45, 7) is 0. The zero-order chi connectivity index (χ0) is 20.0. The number of hydrogen-bond donors (Lipinski definition) is 2. The van der Waals surface area contributed by atoms with E-state index in [-0.39, 0.29) is 5.76 Å². The number of carboxylic acid groups (broad SMARTS) is 1. The molecule has 0 fully saturated rings. The Labute approximate surface area is 173 Å². The number of carbonyl (C=O) groups is 2. The van der Waals surface area contributed by atoms with Gasteiger partial charge >= 0.3 is 5.97 Å². The van der Waals surface area contributed by atoms with Crippen LogP contribution in [-0.4, -0.2) is 27.3 Å². The summed E-state index contributed by atoms with van der Waals surface area (Å²) < 4.78 is 6.64. The third-order valence-corrected chi connectivity index (χ3v) is 6.72. The predicted molar refractivity (Wildman–Crippen MR) is 114 cm³/mol. The van der Waals surface area contributed by atoms with Gasteiger partial charge in [-0.1, -0.05) is 24.3 Å². The van der Waals surface area contributed by atoms with Gasteiger partial charge in [0.1, 0.15) is 11.5 Å². The van der Waals surface area contributed by atoms with E-state index in [1.165, 1.54) is 23.1 Å². The zero-order valence-electron chi connectivity index (χ0n) is 14.9. The van der Waals surface area contributed by atoms with Crippen LogP contribution in [0.2, 0.25) is 0 Å². The molecule has 5 rings (SSSR count). The van der Waals surface area contributed by atoms with Crippen molar-refractivity contribution in [2.24, 2.45) is 5.92 Å². The topological polar surface area (TPSA) is 92.4 Å². The molecule has 0 radical (unpaired) electrons. The average molecular weight is 422 g/mol. The molecule has 0 bridgehead atoms. The summed E-state index contributed by atoms with van der Waals surface area (Å²) in [6.07, 6.45) is 0. The van der Waals surface area contributed by atoms with Gasteiger partial charge in [-0.3, -0.25) is 9.59 Å². The molecule has 29 heavy (non-hydrogen) atoms. The van der Waals surface area contributed by atoms with Crippen molar-refractivity contribution in [1.29, 1.82) is 0 Å². The van der Waals surface area contributed by atoms with Crippen molar-refractivity contribution < 1.29 is 19.1 Å². The highest BCUT2D eigenvalue weighted by molar-refractivity contribution is 8.03. The number of thioether (sulfide) groups is 1. The number of fused-ring (bicyclic) bond motifs is 2. The van der Waals surface area contributed by atoms with Crippen LogP contribution in [-0.2, 0) is 4.79 Å². The van der Waals surface area contributed by atoms with Gasteiger partial charge in [-0.05, 0) is 40.8 Å². The number of aliphatic carboxylic acids is 1. The molecule has 0 aliphatic carbocycles. The van der Waals surface area contributed by atoms with E-state index in [0.29, 0.717) is 11.2 Å². The third kappa shape index (κ3) is 3.20. The summed E-state index contributed by atoms with van der Waals surface area (Å²) in [4.78, 5) is 29.0. The molecule has 0 saturated carbocycles. The van der Waals surface area contributed by atoms with Crippen molar-refractivity contribution in [1.82, 2.24) is 10.3 Å². The highest BCUT2D eigenvalue weighted by atomic mass is 32.2. The van der Waals surface area contributed by atoms with Crippen LogP contribution >= 0.6 is 23.1 Å². The molecule has 2 aromatic heterocycles. The minimum absolute atomic E-state index is 0.160. The molecule has 0 spiro atoms. The number of carbonyl (C=O) groups excluding carboxylic acids is 1. The van der Waals surface area contributed by atoms with Gasteiger partial charge in [-0.25, -0.2) is 4.98 Å². The first-order valence-corrected chi connectivity index (χ1v) is 10.6. The second-order valence-electron chi connectivity index (χ2n) is 6.60. The highest BCUT2D eigenvalue weighted by Gasteiger charge is 2.38. The molecule has 0 saturated heterocycles. The van der Waals surface area contributed by atoms with Crippen molar-refractivity contribution in [3.63, 3.8) is 0 Å². The Bertz CT molecular complexity index is 1260. The number of carboxylic acids is 1. The number of nitrogens with zero attached hydrogens (tertiary/aromatic N) is 1. The highest BCUT2D eigenvalue weighted by Crippen LogP contribution is 2.41. The van der Waals surface area contributed by atoms with E-state index in [1.807, 2.05) is 36.4 Å². The molecule has 2 N–H and O–H groups in total. The molecule has 2 aromatic carbocycles. The fraction of sp³-hybridized carbons (Fsp3) is 0.0952. The number of nitrogens with one attached hydrogen (secondary N) is 1. The number of aromatic nitrogens is 1. The lowest BCUT2D eigenvalue weighted by Crippen LogP contribution is -2.39. The van der Waals surface area contributed by atoms with E-state index in [0.717, 1.165) is 21.2 Å². The Morgan fingerprint density at radius 3 is 2.83 bits per heavy atom. The van der Waals surface area contributed by atoms with Crippen LogP contribution in [0.3, 0.4) is 0 Å². The van der Waals surface area contributed by atoms with E-state index in [2.05, 4.69) is 10.3 Å². The fourth-order valence-corrected chi connectivity index (χ4v) is 5.25. The van der Waals surface area contributed by atoms with Gasteiger partial charge in [0, 0.05) is 5.39 Å². The zero-order valence-corrected chi connectivity index (χ0v) is 16.5. The van der Waals surface area contributed by atoms with Crippen molar-refractivity contribution in [2.45, 2.75) is 5.37 Å². The standard InChI is InChI=1S/C21H14N2O4S2/c24-19(16-8-12-3-1-2-4-15(12)27-16)23-20-18(21(25)26)13(9-28-20)11-5-6-17-14(7-11)22-10-29-17/h1-10,18,20H,(H,23,24)(H,25,26). The molecule has 6 nitrogen and oxygen atoms in total. The molecule has 144 valence electrons. The van der Waals surface area contributed by atoms with Crippen LogP contribution in [0.1, 0.15) is 16.1 Å². The molecule has 3 heterocycles.